The maximum atomic E-state index is 5.34. The number of benzene rings is 1. The van der Waals surface area contributed by atoms with E-state index in [2.05, 4.69) is 50.3 Å². The van der Waals surface area contributed by atoms with Crippen LogP contribution < -0.4 is 0 Å². The molecule has 0 radical (unpaired) electrons. The molecule has 1 unspecified atom stereocenters. The van der Waals surface area contributed by atoms with E-state index in [1.54, 1.807) is 0 Å². The minimum Gasteiger partial charge on any atom is -0.361 e. The molecule has 1 atom stereocenters. The topological polar surface area (TPSA) is 29.3 Å². The molecule has 0 saturated carbocycles. The predicted molar refractivity (Wildman–Crippen MR) is 82.5 cm³/mol. The molecular weight excluding hydrogens is 316 g/mol. The number of hydrogen-bond acceptors (Lipinski definition) is 3. The second-order valence-corrected chi connectivity index (χ2v) is 6.31. The van der Waals surface area contributed by atoms with Crippen LogP contribution in [0.1, 0.15) is 41.5 Å². The Bertz CT molecular complexity index is 589. The third kappa shape index (κ3) is 2.54. The van der Waals surface area contributed by atoms with Crippen molar-refractivity contribution >= 4 is 15.9 Å². The van der Waals surface area contributed by atoms with Gasteiger partial charge in [-0.05, 0) is 44.9 Å². The number of rotatable bonds is 3. The van der Waals surface area contributed by atoms with Crippen LogP contribution in [0, 0.1) is 13.8 Å². The van der Waals surface area contributed by atoms with Crippen LogP contribution in [0.2, 0.25) is 0 Å². The summed E-state index contributed by atoms with van der Waals surface area (Å²) in [4.78, 5) is 2.53. The van der Waals surface area contributed by atoms with Crippen LogP contribution in [0.3, 0.4) is 0 Å². The lowest BCUT2D eigenvalue weighted by molar-refractivity contribution is 0.245. The highest BCUT2D eigenvalue weighted by atomic mass is 79.9. The van der Waals surface area contributed by atoms with Gasteiger partial charge in [0.1, 0.15) is 5.76 Å². The van der Waals surface area contributed by atoms with Crippen molar-refractivity contribution in [2.24, 2.45) is 0 Å². The molecule has 3 rings (SSSR count). The fourth-order valence-electron chi connectivity index (χ4n) is 3.15. The first-order chi connectivity index (χ1) is 9.66. The highest BCUT2D eigenvalue weighted by Gasteiger charge is 2.30. The summed E-state index contributed by atoms with van der Waals surface area (Å²) in [7, 11) is 0. The van der Waals surface area contributed by atoms with Gasteiger partial charge in [0.25, 0.3) is 0 Å². The lowest BCUT2D eigenvalue weighted by Gasteiger charge is -2.25. The number of nitrogens with zero attached hydrogens (tertiary/aromatic N) is 2. The molecule has 2 heterocycles. The number of halogens is 1. The predicted octanol–water partition coefficient (Wildman–Crippen LogP) is 4.39. The Labute approximate surface area is 128 Å². The van der Waals surface area contributed by atoms with Gasteiger partial charge < -0.3 is 4.52 Å². The smallest absolute Gasteiger partial charge is 0.138 e. The largest absolute Gasteiger partial charge is 0.361 e. The summed E-state index contributed by atoms with van der Waals surface area (Å²) in [6.45, 7) is 6.16. The van der Waals surface area contributed by atoms with E-state index in [1.165, 1.54) is 28.4 Å². The number of aryl methyl sites for hydroxylation is 2. The average molecular weight is 335 g/mol. The van der Waals surface area contributed by atoms with E-state index in [-0.39, 0.29) is 0 Å². The molecule has 0 N–H and O–H groups in total. The summed E-state index contributed by atoms with van der Waals surface area (Å²) in [6.07, 6.45) is 2.42. The fourth-order valence-corrected chi connectivity index (χ4v) is 3.56. The molecule has 0 bridgehead atoms. The Morgan fingerprint density at radius 1 is 1.35 bits per heavy atom. The molecule has 0 amide bonds. The highest BCUT2D eigenvalue weighted by Crippen LogP contribution is 2.37. The van der Waals surface area contributed by atoms with E-state index in [0.29, 0.717) is 6.04 Å². The molecule has 3 nitrogen and oxygen atoms in total. The van der Waals surface area contributed by atoms with Crippen LogP contribution in [0.15, 0.2) is 33.3 Å². The van der Waals surface area contributed by atoms with E-state index in [9.17, 15) is 0 Å². The summed E-state index contributed by atoms with van der Waals surface area (Å²) in [5, 5.41) is 4.11. The van der Waals surface area contributed by atoms with Gasteiger partial charge in [0.05, 0.1) is 5.69 Å². The van der Waals surface area contributed by atoms with Crippen molar-refractivity contribution in [2.45, 2.75) is 39.3 Å². The summed E-state index contributed by atoms with van der Waals surface area (Å²) in [5.74, 6) is 0.964. The van der Waals surface area contributed by atoms with E-state index < -0.39 is 0 Å². The lowest BCUT2D eigenvalue weighted by Crippen LogP contribution is -2.23. The number of hydrogen-bond donors (Lipinski definition) is 0. The first kappa shape index (κ1) is 13.8. The van der Waals surface area contributed by atoms with Gasteiger partial charge in [0, 0.05) is 22.6 Å². The Morgan fingerprint density at radius 2 is 2.15 bits per heavy atom. The molecular formula is C16H19BrN2O. The second kappa shape index (κ2) is 5.70. The summed E-state index contributed by atoms with van der Waals surface area (Å²) in [5.41, 5.74) is 3.66. The summed E-state index contributed by atoms with van der Waals surface area (Å²) < 4.78 is 6.53. The Hall–Kier alpha value is -1.13. The minimum atomic E-state index is 0.438. The third-order valence-corrected chi connectivity index (χ3v) is 4.89. The van der Waals surface area contributed by atoms with Crippen LogP contribution in [-0.4, -0.2) is 16.6 Å². The van der Waals surface area contributed by atoms with Crippen molar-refractivity contribution < 1.29 is 4.52 Å². The van der Waals surface area contributed by atoms with Gasteiger partial charge in [0.2, 0.25) is 0 Å². The van der Waals surface area contributed by atoms with Gasteiger partial charge in [-0.2, -0.15) is 0 Å². The van der Waals surface area contributed by atoms with Gasteiger partial charge in [0.15, 0.2) is 0 Å². The molecule has 1 aromatic carbocycles. The van der Waals surface area contributed by atoms with E-state index >= 15 is 0 Å². The molecule has 106 valence electrons. The molecule has 1 aliphatic heterocycles. The number of aromatic nitrogens is 1. The highest BCUT2D eigenvalue weighted by molar-refractivity contribution is 9.10. The molecule has 1 saturated heterocycles. The number of likely N-dealkylation sites (tertiary alicyclic amines) is 1. The quantitative estimate of drug-likeness (QED) is 0.833. The lowest BCUT2D eigenvalue weighted by atomic mass is 10.0. The van der Waals surface area contributed by atoms with Crippen LogP contribution >= 0.6 is 15.9 Å². The van der Waals surface area contributed by atoms with Gasteiger partial charge >= 0.3 is 0 Å². The maximum Gasteiger partial charge on any atom is 0.138 e. The van der Waals surface area contributed by atoms with Crippen LogP contribution in [0.5, 0.6) is 0 Å². The standard InChI is InChI=1S/C16H19BrN2O/c1-11-16(12(2)20-18-11)15-8-5-9-19(15)10-13-6-3-4-7-14(13)17/h3-4,6-7,15H,5,8-10H2,1-2H3. The van der Waals surface area contributed by atoms with Gasteiger partial charge in [-0.1, -0.05) is 39.3 Å². The Kier molecular flexibility index (Phi) is 3.94. The van der Waals surface area contributed by atoms with Crippen LogP contribution in [-0.2, 0) is 6.54 Å². The first-order valence-electron chi connectivity index (χ1n) is 7.07. The minimum absolute atomic E-state index is 0.438. The van der Waals surface area contributed by atoms with Gasteiger partial charge in [-0.15, -0.1) is 0 Å². The normalized spacial score (nSPS) is 19.6. The average Bonchev–Trinajstić information content (AvgIpc) is 2.99. The van der Waals surface area contributed by atoms with E-state index in [4.69, 9.17) is 4.52 Å². The zero-order chi connectivity index (χ0) is 14.1. The molecule has 2 aromatic rings. The summed E-state index contributed by atoms with van der Waals surface area (Å²) in [6, 6.07) is 8.89. The van der Waals surface area contributed by atoms with E-state index in [1.807, 2.05) is 13.8 Å². The SMILES string of the molecule is Cc1noc(C)c1C1CCCN1Cc1ccccc1Br. The molecule has 0 spiro atoms. The Morgan fingerprint density at radius 3 is 2.85 bits per heavy atom. The van der Waals surface area contributed by atoms with Crippen molar-refractivity contribution in [1.29, 1.82) is 0 Å². The molecule has 0 aliphatic carbocycles. The monoisotopic (exact) mass is 334 g/mol. The van der Waals surface area contributed by atoms with Crippen molar-refractivity contribution in [3.8, 4) is 0 Å². The van der Waals surface area contributed by atoms with Crippen molar-refractivity contribution in [3.05, 3.63) is 51.3 Å². The first-order valence-corrected chi connectivity index (χ1v) is 7.86. The molecule has 20 heavy (non-hydrogen) atoms. The zero-order valence-corrected chi connectivity index (χ0v) is 13.5. The molecule has 4 heteroatoms. The third-order valence-electron chi connectivity index (χ3n) is 4.12. The van der Waals surface area contributed by atoms with E-state index in [0.717, 1.165) is 24.5 Å². The van der Waals surface area contributed by atoms with Crippen molar-refractivity contribution in [3.63, 3.8) is 0 Å². The van der Waals surface area contributed by atoms with Crippen LogP contribution in [0.4, 0.5) is 0 Å². The second-order valence-electron chi connectivity index (χ2n) is 5.46. The molecule has 1 fully saturated rings. The maximum absolute atomic E-state index is 5.34. The Balaban J connectivity index is 1.85. The molecule has 1 aromatic heterocycles. The van der Waals surface area contributed by atoms with Gasteiger partial charge in [-0.25, -0.2) is 0 Å². The summed E-state index contributed by atoms with van der Waals surface area (Å²) >= 11 is 3.64. The zero-order valence-electron chi connectivity index (χ0n) is 11.9. The van der Waals surface area contributed by atoms with Crippen LogP contribution in [0.25, 0.3) is 0 Å². The van der Waals surface area contributed by atoms with Crippen molar-refractivity contribution in [2.75, 3.05) is 6.54 Å². The molecule has 1 aliphatic rings. The fraction of sp³-hybridized carbons (Fsp3) is 0.438. The van der Waals surface area contributed by atoms with Crippen molar-refractivity contribution in [1.82, 2.24) is 10.1 Å². The van der Waals surface area contributed by atoms with Gasteiger partial charge in [-0.3, -0.25) is 4.90 Å².